The lowest BCUT2D eigenvalue weighted by atomic mass is 10.2. The van der Waals surface area contributed by atoms with Gasteiger partial charge in [-0.1, -0.05) is 58.4 Å². The van der Waals surface area contributed by atoms with Crippen molar-refractivity contribution in [3.8, 4) is 5.69 Å². The maximum atomic E-state index is 13.3. The van der Waals surface area contributed by atoms with Crippen LogP contribution in [0.4, 0.5) is 10.8 Å². The first-order valence-electron chi connectivity index (χ1n) is 10.2. The van der Waals surface area contributed by atoms with Crippen LogP contribution < -0.4 is 10.9 Å². The zero-order chi connectivity index (χ0) is 25.4. The topological polar surface area (TPSA) is 120 Å². The Hall–Kier alpha value is -3.51. The second-order valence-corrected chi connectivity index (χ2v) is 10.2. The summed E-state index contributed by atoms with van der Waals surface area (Å²) in [6, 6.07) is 16.0. The Morgan fingerprint density at radius 2 is 1.86 bits per heavy atom. The fourth-order valence-electron chi connectivity index (χ4n) is 3.43. The highest BCUT2D eigenvalue weighted by Gasteiger charge is 2.17. The molecule has 0 aliphatic rings. The molecule has 3 aromatic carbocycles. The highest BCUT2D eigenvalue weighted by Crippen LogP contribution is 2.30. The van der Waals surface area contributed by atoms with Crippen LogP contribution in [-0.4, -0.2) is 31.1 Å². The number of hydrogen-bond acceptors (Lipinski definition) is 8. The van der Waals surface area contributed by atoms with Gasteiger partial charge in [0.1, 0.15) is 0 Å². The van der Waals surface area contributed by atoms with E-state index in [0.717, 1.165) is 23.1 Å². The largest absolute Gasteiger partial charge is 0.301 e. The summed E-state index contributed by atoms with van der Waals surface area (Å²) in [7, 11) is 0. The van der Waals surface area contributed by atoms with Crippen LogP contribution in [0.1, 0.15) is 0 Å². The molecule has 0 radical (unpaired) electrons. The van der Waals surface area contributed by atoms with E-state index in [1.165, 1.54) is 22.8 Å². The Morgan fingerprint density at radius 3 is 2.64 bits per heavy atom. The first kappa shape index (κ1) is 24.2. The van der Waals surface area contributed by atoms with E-state index in [9.17, 15) is 19.7 Å². The highest BCUT2D eigenvalue weighted by molar-refractivity contribution is 7.99. The fraction of sp³-hybridized carbons (Fsp3) is 0.0435. The normalized spacial score (nSPS) is 11.2. The number of anilines is 1. The first-order chi connectivity index (χ1) is 17.3. The van der Waals surface area contributed by atoms with Crippen LogP contribution in [0.25, 0.3) is 26.8 Å². The van der Waals surface area contributed by atoms with Gasteiger partial charge in [-0.15, -0.1) is 0 Å². The summed E-state index contributed by atoms with van der Waals surface area (Å²) in [6.07, 6.45) is 0. The number of nitrogens with zero attached hydrogens (tertiary/aromatic N) is 4. The Balaban J connectivity index is 1.43. The van der Waals surface area contributed by atoms with Crippen LogP contribution in [0.2, 0.25) is 10.0 Å². The molecule has 5 rings (SSSR count). The molecule has 13 heteroatoms. The second-order valence-electron chi connectivity index (χ2n) is 7.42. The third-order valence-electron chi connectivity index (χ3n) is 5.07. The van der Waals surface area contributed by atoms with E-state index in [-0.39, 0.29) is 27.9 Å². The Morgan fingerprint density at radius 1 is 1.06 bits per heavy atom. The molecule has 180 valence electrons. The maximum absolute atomic E-state index is 13.3. The predicted octanol–water partition coefficient (Wildman–Crippen LogP) is 5.94. The van der Waals surface area contributed by atoms with Crippen LogP contribution in [-0.2, 0) is 4.79 Å². The molecule has 2 heterocycles. The van der Waals surface area contributed by atoms with Gasteiger partial charge in [-0.3, -0.25) is 24.3 Å². The minimum Gasteiger partial charge on any atom is -0.301 e. The summed E-state index contributed by atoms with van der Waals surface area (Å²) < 4.78 is 1.97. The van der Waals surface area contributed by atoms with Gasteiger partial charge in [0.25, 0.3) is 11.2 Å². The second kappa shape index (κ2) is 9.86. The predicted molar refractivity (Wildman–Crippen MR) is 143 cm³/mol. The monoisotopic (exact) mass is 557 g/mol. The average Bonchev–Trinajstić information content (AvgIpc) is 3.26. The molecule has 0 bridgehead atoms. The molecule has 5 aromatic rings. The number of benzene rings is 3. The van der Waals surface area contributed by atoms with Crippen molar-refractivity contribution in [1.29, 1.82) is 0 Å². The van der Waals surface area contributed by atoms with Crippen molar-refractivity contribution in [2.75, 3.05) is 11.1 Å². The molecule has 0 fully saturated rings. The molecule has 0 spiro atoms. The van der Waals surface area contributed by atoms with Gasteiger partial charge in [-0.05, 0) is 36.4 Å². The number of para-hydroxylation sites is 1. The molecule has 36 heavy (non-hydrogen) atoms. The standard InChI is InChI=1S/C23H13Cl2N5O4S2/c24-15-7-5-12(9-16(15)25)29-21(32)14-3-1-2-4-17(14)27-23(29)35-11-20(31)28-22-26-18-8-6-13(30(33)34)10-19(18)36-22/h1-10H,11H2,(H,26,28,31). The van der Waals surface area contributed by atoms with Crippen molar-refractivity contribution in [2.45, 2.75) is 5.16 Å². The summed E-state index contributed by atoms with van der Waals surface area (Å²) in [5.41, 5.74) is 1.13. The van der Waals surface area contributed by atoms with E-state index in [4.69, 9.17) is 23.2 Å². The van der Waals surface area contributed by atoms with E-state index in [1.54, 1.807) is 42.5 Å². The average molecular weight is 558 g/mol. The van der Waals surface area contributed by atoms with Crippen molar-refractivity contribution in [3.05, 3.63) is 91.2 Å². The van der Waals surface area contributed by atoms with Crippen LogP contribution in [0.15, 0.2) is 70.6 Å². The van der Waals surface area contributed by atoms with Crippen LogP contribution in [0, 0.1) is 10.1 Å². The number of thiazole rings is 1. The number of nitro benzene ring substituents is 1. The number of hydrogen-bond donors (Lipinski definition) is 1. The molecular formula is C23H13Cl2N5O4S2. The van der Waals surface area contributed by atoms with Crippen molar-refractivity contribution >= 4 is 84.1 Å². The van der Waals surface area contributed by atoms with Crippen molar-refractivity contribution in [1.82, 2.24) is 14.5 Å². The highest BCUT2D eigenvalue weighted by atomic mass is 35.5. The number of halogens is 2. The molecule has 1 N–H and O–H groups in total. The minimum absolute atomic E-state index is 0.0535. The third kappa shape index (κ3) is 4.78. The Labute approximate surface area is 220 Å². The van der Waals surface area contributed by atoms with Crippen LogP contribution in [0.3, 0.4) is 0 Å². The zero-order valence-electron chi connectivity index (χ0n) is 18.0. The minimum atomic E-state index is -0.488. The molecule has 0 aliphatic carbocycles. The van der Waals surface area contributed by atoms with E-state index in [1.807, 2.05) is 0 Å². The zero-order valence-corrected chi connectivity index (χ0v) is 21.1. The quantitative estimate of drug-likeness (QED) is 0.119. The summed E-state index contributed by atoms with van der Waals surface area (Å²) in [6.45, 7) is 0. The van der Waals surface area contributed by atoms with E-state index in [0.29, 0.717) is 42.1 Å². The third-order valence-corrected chi connectivity index (χ3v) is 7.68. The molecule has 0 atom stereocenters. The molecule has 9 nitrogen and oxygen atoms in total. The van der Waals surface area contributed by atoms with Gasteiger partial charge in [0.2, 0.25) is 5.91 Å². The maximum Gasteiger partial charge on any atom is 0.270 e. The van der Waals surface area contributed by atoms with Gasteiger partial charge >= 0.3 is 0 Å². The number of carbonyl (C=O) groups is 1. The summed E-state index contributed by atoms with van der Waals surface area (Å²) in [5, 5.41) is 15.3. The Bertz CT molecular complexity index is 1740. The molecule has 0 saturated carbocycles. The number of fused-ring (bicyclic) bond motifs is 2. The van der Waals surface area contributed by atoms with E-state index in [2.05, 4.69) is 15.3 Å². The summed E-state index contributed by atoms with van der Waals surface area (Å²) in [4.78, 5) is 45.4. The molecule has 0 aliphatic heterocycles. The number of thioether (sulfide) groups is 1. The number of aromatic nitrogens is 3. The van der Waals surface area contributed by atoms with Gasteiger partial charge < -0.3 is 5.32 Å². The molecule has 0 unspecified atom stereocenters. The van der Waals surface area contributed by atoms with Crippen molar-refractivity contribution in [3.63, 3.8) is 0 Å². The van der Waals surface area contributed by atoms with Crippen molar-refractivity contribution in [2.24, 2.45) is 0 Å². The lowest BCUT2D eigenvalue weighted by molar-refractivity contribution is -0.384. The lowest BCUT2D eigenvalue weighted by Crippen LogP contribution is -2.23. The summed E-state index contributed by atoms with van der Waals surface area (Å²) >= 11 is 14.4. The van der Waals surface area contributed by atoms with Gasteiger partial charge in [-0.2, -0.15) is 0 Å². The molecular weight excluding hydrogens is 545 g/mol. The Kier molecular flexibility index (Phi) is 6.63. The number of non-ortho nitro benzene ring substituents is 1. The molecule has 2 aromatic heterocycles. The van der Waals surface area contributed by atoms with Crippen LogP contribution in [0.5, 0.6) is 0 Å². The SMILES string of the molecule is O=C(CSc1nc2ccccc2c(=O)n1-c1ccc(Cl)c(Cl)c1)Nc1nc2ccc([N+](=O)[O-])cc2s1. The number of amides is 1. The van der Waals surface area contributed by atoms with Gasteiger partial charge in [0, 0.05) is 12.1 Å². The van der Waals surface area contributed by atoms with Gasteiger partial charge in [-0.25, -0.2) is 9.97 Å². The number of carbonyl (C=O) groups excluding carboxylic acids is 1. The van der Waals surface area contributed by atoms with E-state index >= 15 is 0 Å². The lowest BCUT2D eigenvalue weighted by Gasteiger charge is -2.13. The number of nitrogens with one attached hydrogen (secondary N) is 1. The van der Waals surface area contributed by atoms with Crippen molar-refractivity contribution < 1.29 is 9.72 Å². The van der Waals surface area contributed by atoms with E-state index < -0.39 is 4.92 Å². The first-order valence-corrected chi connectivity index (χ1v) is 12.8. The number of nitro groups is 1. The van der Waals surface area contributed by atoms with Gasteiger partial charge in [0.15, 0.2) is 10.3 Å². The molecule has 0 saturated heterocycles. The smallest absolute Gasteiger partial charge is 0.270 e. The molecule has 1 amide bonds. The van der Waals surface area contributed by atoms with Gasteiger partial charge in [0.05, 0.1) is 47.5 Å². The number of rotatable bonds is 6. The summed E-state index contributed by atoms with van der Waals surface area (Å²) in [5.74, 6) is -0.445. The van der Waals surface area contributed by atoms with Crippen LogP contribution >= 0.6 is 46.3 Å². The fourth-order valence-corrected chi connectivity index (χ4v) is 5.45.